The Balaban J connectivity index is 1.27. The van der Waals surface area contributed by atoms with Crippen molar-refractivity contribution in [2.75, 3.05) is 39.3 Å². The lowest BCUT2D eigenvalue weighted by Gasteiger charge is -2.34. The zero-order valence-electron chi connectivity index (χ0n) is 16.4. The van der Waals surface area contributed by atoms with E-state index in [1.807, 2.05) is 31.2 Å². The van der Waals surface area contributed by atoms with Crippen LogP contribution in [0.4, 0.5) is 0 Å². The molecule has 0 bridgehead atoms. The van der Waals surface area contributed by atoms with Crippen molar-refractivity contribution >= 4 is 5.91 Å². The van der Waals surface area contributed by atoms with Gasteiger partial charge in [0.2, 0.25) is 0 Å². The Bertz CT molecular complexity index is 709. The van der Waals surface area contributed by atoms with E-state index in [1.165, 1.54) is 5.56 Å². The predicted octanol–water partition coefficient (Wildman–Crippen LogP) is 3.32. The minimum atomic E-state index is 0.0354. The fourth-order valence-electron chi connectivity index (χ4n) is 3.56. The van der Waals surface area contributed by atoms with Gasteiger partial charge in [0.25, 0.3) is 5.91 Å². The van der Waals surface area contributed by atoms with Gasteiger partial charge in [0.15, 0.2) is 0 Å². The molecule has 0 unspecified atom stereocenters. The number of carbonyl (C=O) groups is 1. The third-order valence-electron chi connectivity index (χ3n) is 5.18. The normalized spacial score (nSPS) is 15.6. The van der Waals surface area contributed by atoms with Crippen molar-refractivity contribution in [3.05, 3.63) is 71.3 Å². The van der Waals surface area contributed by atoms with Crippen molar-refractivity contribution < 1.29 is 4.79 Å². The lowest BCUT2D eigenvalue weighted by atomic mass is 10.1. The second-order valence-electron chi connectivity index (χ2n) is 7.44. The Morgan fingerprint density at radius 2 is 1.67 bits per heavy atom. The first-order chi connectivity index (χ1) is 13.2. The SMILES string of the molecule is Cc1cccc(C(=O)NCCCCN2CCN(Cc3ccccc3)CC2)c1. The molecule has 2 aromatic rings. The average Bonchev–Trinajstić information content (AvgIpc) is 2.69. The van der Waals surface area contributed by atoms with E-state index in [0.717, 1.165) is 69.8 Å². The molecule has 0 atom stereocenters. The molecule has 1 N–H and O–H groups in total. The van der Waals surface area contributed by atoms with Gasteiger partial charge in [-0.2, -0.15) is 0 Å². The van der Waals surface area contributed by atoms with E-state index in [1.54, 1.807) is 0 Å². The molecule has 1 heterocycles. The Hall–Kier alpha value is -2.17. The van der Waals surface area contributed by atoms with Gasteiger partial charge in [-0.25, -0.2) is 0 Å². The maximum absolute atomic E-state index is 12.1. The third-order valence-corrected chi connectivity index (χ3v) is 5.18. The largest absolute Gasteiger partial charge is 0.352 e. The van der Waals surface area contributed by atoms with E-state index in [2.05, 4.69) is 45.4 Å². The molecule has 0 aliphatic carbocycles. The number of nitrogens with zero attached hydrogens (tertiary/aromatic N) is 2. The number of carbonyl (C=O) groups excluding carboxylic acids is 1. The molecular formula is C23H31N3O. The Labute approximate surface area is 163 Å². The van der Waals surface area contributed by atoms with Gasteiger partial charge in [-0.3, -0.25) is 9.69 Å². The van der Waals surface area contributed by atoms with E-state index in [9.17, 15) is 4.79 Å². The lowest BCUT2D eigenvalue weighted by Crippen LogP contribution is -2.46. The lowest BCUT2D eigenvalue weighted by molar-refractivity contribution is 0.0951. The maximum atomic E-state index is 12.1. The van der Waals surface area contributed by atoms with Crippen LogP contribution in [0.1, 0.15) is 34.3 Å². The molecule has 1 aliphatic rings. The number of unbranched alkanes of at least 4 members (excludes halogenated alkanes) is 1. The van der Waals surface area contributed by atoms with Crippen LogP contribution in [-0.4, -0.2) is 55.0 Å². The van der Waals surface area contributed by atoms with E-state index in [4.69, 9.17) is 0 Å². The monoisotopic (exact) mass is 365 g/mol. The highest BCUT2D eigenvalue weighted by Crippen LogP contribution is 2.09. The standard InChI is InChI=1S/C23H31N3O/c1-20-8-7-11-22(18-20)23(27)24-12-5-6-13-25-14-16-26(17-15-25)19-21-9-3-2-4-10-21/h2-4,7-11,18H,5-6,12-17,19H2,1H3,(H,24,27). The number of hydrogen-bond acceptors (Lipinski definition) is 3. The van der Waals surface area contributed by atoms with Crippen LogP contribution >= 0.6 is 0 Å². The van der Waals surface area contributed by atoms with Gasteiger partial charge in [-0.1, -0.05) is 48.0 Å². The van der Waals surface area contributed by atoms with Gasteiger partial charge in [0.1, 0.15) is 0 Å². The Morgan fingerprint density at radius 1 is 0.926 bits per heavy atom. The third kappa shape index (κ3) is 6.49. The molecule has 1 fully saturated rings. The average molecular weight is 366 g/mol. The molecule has 1 saturated heterocycles. The van der Waals surface area contributed by atoms with Gasteiger partial charge in [0.05, 0.1) is 0 Å². The van der Waals surface area contributed by atoms with Gasteiger partial charge in [-0.05, 0) is 44.0 Å². The molecule has 144 valence electrons. The van der Waals surface area contributed by atoms with Crippen molar-refractivity contribution in [2.45, 2.75) is 26.3 Å². The van der Waals surface area contributed by atoms with Gasteiger partial charge >= 0.3 is 0 Å². The molecule has 3 rings (SSSR count). The molecule has 0 saturated carbocycles. The van der Waals surface area contributed by atoms with E-state index in [-0.39, 0.29) is 5.91 Å². The summed E-state index contributed by atoms with van der Waals surface area (Å²) in [5.41, 5.74) is 3.27. The van der Waals surface area contributed by atoms with Crippen molar-refractivity contribution in [2.24, 2.45) is 0 Å². The van der Waals surface area contributed by atoms with Crippen LogP contribution in [0.2, 0.25) is 0 Å². The number of piperazine rings is 1. The molecule has 4 nitrogen and oxygen atoms in total. The summed E-state index contributed by atoms with van der Waals surface area (Å²) < 4.78 is 0. The summed E-state index contributed by atoms with van der Waals surface area (Å²) in [6.45, 7) is 9.50. The fourth-order valence-corrected chi connectivity index (χ4v) is 3.56. The van der Waals surface area contributed by atoms with E-state index < -0.39 is 0 Å². The quantitative estimate of drug-likeness (QED) is 0.729. The van der Waals surface area contributed by atoms with Crippen LogP contribution in [0.5, 0.6) is 0 Å². The van der Waals surface area contributed by atoms with Gasteiger partial charge < -0.3 is 10.2 Å². The number of rotatable bonds is 8. The molecule has 0 aromatic heterocycles. The number of hydrogen-bond donors (Lipinski definition) is 1. The van der Waals surface area contributed by atoms with Crippen LogP contribution in [0.25, 0.3) is 0 Å². The maximum Gasteiger partial charge on any atom is 0.251 e. The first-order valence-electron chi connectivity index (χ1n) is 10.0. The van der Waals surface area contributed by atoms with Gasteiger partial charge in [0, 0.05) is 44.8 Å². The highest BCUT2D eigenvalue weighted by atomic mass is 16.1. The molecule has 2 aromatic carbocycles. The topological polar surface area (TPSA) is 35.6 Å². The van der Waals surface area contributed by atoms with E-state index >= 15 is 0 Å². The van der Waals surface area contributed by atoms with Crippen LogP contribution < -0.4 is 5.32 Å². The van der Waals surface area contributed by atoms with Crippen molar-refractivity contribution in [3.63, 3.8) is 0 Å². The Morgan fingerprint density at radius 3 is 2.41 bits per heavy atom. The molecule has 1 aliphatic heterocycles. The first-order valence-corrected chi connectivity index (χ1v) is 10.0. The molecule has 1 amide bonds. The molecular weight excluding hydrogens is 334 g/mol. The van der Waals surface area contributed by atoms with Gasteiger partial charge in [-0.15, -0.1) is 0 Å². The smallest absolute Gasteiger partial charge is 0.251 e. The fraction of sp³-hybridized carbons (Fsp3) is 0.435. The number of aryl methyl sites for hydroxylation is 1. The van der Waals surface area contributed by atoms with Crippen molar-refractivity contribution in [1.29, 1.82) is 0 Å². The summed E-state index contributed by atoms with van der Waals surface area (Å²) in [7, 11) is 0. The summed E-state index contributed by atoms with van der Waals surface area (Å²) in [4.78, 5) is 17.2. The van der Waals surface area contributed by atoms with E-state index in [0.29, 0.717) is 0 Å². The molecule has 4 heteroatoms. The van der Waals surface area contributed by atoms with Crippen LogP contribution in [0.3, 0.4) is 0 Å². The summed E-state index contributed by atoms with van der Waals surface area (Å²) in [5.74, 6) is 0.0354. The zero-order valence-corrected chi connectivity index (χ0v) is 16.4. The van der Waals surface area contributed by atoms with Crippen molar-refractivity contribution in [3.8, 4) is 0 Å². The summed E-state index contributed by atoms with van der Waals surface area (Å²) >= 11 is 0. The second kappa shape index (κ2) is 10.2. The van der Waals surface area contributed by atoms with Crippen molar-refractivity contribution in [1.82, 2.24) is 15.1 Å². The Kier molecular flexibility index (Phi) is 7.43. The number of amides is 1. The highest BCUT2D eigenvalue weighted by molar-refractivity contribution is 5.94. The molecule has 27 heavy (non-hydrogen) atoms. The zero-order chi connectivity index (χ0) is 18.9. The van der Waals surface area contributed by atoms with Crippen LogP contribution in [0, 0.1) is 6.92 Å². The summed E-state index contributed by atoms with van der Waals surface area (Å²) in [5, 5.41) is 3.03. The number of nitrogens with one attached hydrogen (secondary N) is 1. The minimum Gasteiger partial charge on any atom is -0.352 e. The number of benzene rings is 2. The molecule has 0 radical (unpaired) electrons. The second-order valence-corrected chi connectivity index (χ2v) is 7.44. The first kappa shape index (κ1) is 19.6. The minimum absolute atomic E-state index is 0.0354. The molecule has 0 spiro atoms. The summed E-state index contributed by atoms with van der Waals surface area (Å²) in [6, 6.07) is 18.5. The predicted molar refractivity (Wildman–Crippen MR) is 111 cm³/mol. The summed E-state index contributed by atoms with van der Waals surface area (Å²) in [6.07, 6.45) is 2.16. The van der Waals surface area contributed by atoms with Crippen LogP contribution in [0.15, 0.2) is 54.6 Å². The highest BCUT2D eigenvalue weighted by Gasteiger charge is 2.16. The van der Waals surface area contributed by atoms with Crippen LogP contribution in [-0.2, 0) is 6.54 Å².